The van der Waals surface area contributed by atoms with Gasteiger partial charge in [0.2, 0.25) is 0 Å². The molecule has 7 heteroatoms. The van der Waals surface area contributed by atoms with Crippen LogP contribution in [0.1, 0.15) is 76.7 Å². The molecule has 1 aromatic carbocycles. The second kappa shape index (κ2) is 8.07. The predicted octanol–water partition coefficient (Wildman–Crippen LogP) is 6.33. The number of ketones is 1. The monoisotopic (exact) mass is 412 g/mol. The lowest BCUT2D eigenvalue weighted by atomic mass is 9.85. The fourth-order valence-corrected chi connectivity index (χ4v) is 3.93. The van der Waals surface area contributed by atoms with E-state index < -0.39 is 18.0 Å². The topological polar surface area (TPSA) is 34.9 Å². The van der Waals surface area contributed by atoms with Gasteiger partial charge in [0.25, 0.3) is 0 Å². The molecule has 1 saturated carbocycles. The number of benzene rings is 1. The van der Waals surface area contributed by atoms with Gasteiger partial charge in [-0.15, -0.1) is 0 Å². The summed E-state index contributed by atoms with van der Waals surface area (Å²) in [5.41, 5.74) is 0.469. The first-order valence-electron chi connectivity index (χ1n) is 10.3. The standard InChI is InChI=1S/C22H28F4N2O/c1-4-14-11-15(23)12-18-20(14)28(16-7-5-8-16)19(27-18)10-6-9-17(29)13-21(2,3)22(24,25)26/h11-12,16H,4-10,13H2,1-3H3. The fourth-order valence-electron chi connectivity index (χ4n) is 3.93. The van der Waals surface area contributed by atoms with E-state index in [2.05, 4.69) is 9.55 Å². The van der Waals surface area contributed by atoms with Crippen LogP contribution in [0.5, 0.6) is 0 Å². The van der Waals surface area contributed by atoms with Crippen molar-refractivity contribution in [3.8, 4) is 0 Å². The van der Waals surface area contributed by atoms with Crippen LogP contribution in [-0.4, -0.2) is 21.5 Å². The molecule has 3 rings (SSSR count). The average molecular weight is 412 g/mol. The number of imidazole rings is 1. The summed E-state index contributed by atoms with van der Waals surface area (Å²) in [5.74, 6) is 0.0931. The van der Waals surface area contributed by atoms with Crippen LogP contribution in [0.4, 0.5) is 17.6 Å². The minimum absolute atomic E-state index is 0.0857. The first-order chi connectivity index (χ1) is 13.5. The van der Waals surface area contributed by atoms with Gasteiger partial charge in [-0.3, -0.25) is 4.79 Å². The molecule has 0 spiro atoms. The Balaban J connectivity index is 1.76. The molecular weight excluding hydrogens is 384 g/mol. The Bertz CT molecular complexity index is 894. The second-order valence-corrected chi connectivity index (χ2v) is 8.72. The van der Waals surface area contributed by atoms with Gasteiger partial charge in [-0.25, -0.2) is 9.37 Å². The highest BCUT2D eigenvalue weighted by Gasteiger charge is 2.48. The highest BCUT2D eigenvalue weighted by Crippen LogP contribution is 2.41. The molecule has 0 atom stereocenters. The summed E-state index contributed by atoms with van der Waals surface area (Å²) in [4.78, 5) is 16.7. The quantitative estimate of drug-likeness (QED) is 0.475. The molecule has 2 aromatic rings. The van der Waals surface area contributed by atoms with Crippen molar-refractivity contribution in [1.82, 2.24) is 9.55 Å². The molecule has 0 aliphatic heterocycles. The summed E-state index contributed by atoms with van der Waals surface area (Å²) < 4.78 is 55.1. The summed E-state index contributed by atoms with van der Waals surface area (Å²) in [5, 5.41) is 0. The molecule has 29 heavy (non-hydrogen) atoms. The van der Waals surface area contributed by atoms with Crippen molar-refractivity contribution in [2.45, 2.75) is 84.4 Å². The van der Waals surface area contributed by atoms with Crippen molar-refractivity contribution < 1.29 is 22.4 Å². The maximum atomic E-state index is 13.9. The van der Waals surface area contributed by atoms with E-state index >= 15 is 0 Å². The Kier molecular flexibility index (Phi) is 6.06. The Labute approximate surface area is 168 Å². The number of nitrogens with zero attached hydrogens (tertiary/aromatic N) is 2. The number of halogens is 4. The van der Waals surface area contributed by atoms with E-state index in [1.807, 2.05) is 6.92 Å². The molecule has 1 aromatic heterocycles. The third-order valence-electron chi connectivity index (χ3n) is 5.99. The highest BCUT2D eigenvalue weighted by molar-refractivity contribution is 5.81. The molecule has 160 valence electrons. The molecular formula is C22H28F4N2O. The molecule has 0 unspecified atom stereocenters. The van der Waals surface area contributed by atoms with Crippen LogP contribution in [-0.2, 0) is 17.6 Å². The first-order valence-corrected chi connectivity index (χ1v) is 10.3. The van der Waals surface area contributed by atoms with Gasteiger partial charge in [0.1, 0.15) is 17.4 Å². The van der Waals surface area contributed by atoms with Gasteiger partial charge in [0.05, 0.1) is 16.4 Å². The van der Waals surface area contributed by atoms with Gasteiger partial charge >= 0.3 is 6.18 Å². The third-order valence-corrected chi connectivity index (χ3v) is 5.99. The summed E-state index contributed by atoms with van der Waals surface area (Å²) >= 11 is 0. The van der Waals surface area contributed by atoms with Gasteiger partial charge in [-0.1, -0.05) is 20.8 Å². The van der Waals surface area contributed by atoms with Crippen molar-refractivity contribution >= 4 is 16.8 Å². The van der Waals surface area contributed by atoms with E-state index in [0.717, 1.165) is 50.0 Å². The van der Waals surface area contributed by atoms with Gasteiger partial charge in [-0.05, 0) is 43.7 Å². The molecule has 0 saturated heterocycles. The Hall–Kier alpha value is -1.92. The summed E-state index contributed by atoms with van der Waals surface area (Å²) in [6.45, 7) is 4.09. The number of carbonyl (C=O) groups excluding carboxylic acids is 1. The SMILES string of the molecule is CCc1cc(F)cc2nc(CCCC(=O)CC(C)(C)C(F)(F)F)n(C3CCC3)c12. The molecule has 1 fully saturated rings. The van der Waals surface area contributed by atoms with Gasteiger partial charge in [0, 0.05) is 31.4 Å². The number of fused-ring (bicyclic) bond motifs is 1. The zero-order valence-electron chi connectivity index (χ0n) is 17.2. The minimum Gasteiger partial charge on any atom is -0.325 e. The largest absolute Gasteiger partial charge is 0.394 e. The lowest BCUT2D eigenvalue weighted by molar-refractivity contribution is -0.213. The molecule has 0 radical (unpaired) electrons. The number of hydrogen-bond acceptors (Lipinski definition) is 2. The van der Waals surface area contributed by atoms with Gasteiger partial charge < -0.3 is 4.57 Å². The Morgan fingerprint density at radius 2 is 1.93 bits per heavy atom. The lowest BCUT2D eigenvalue weighted by Crippen LogP contribution is -2.34. The maximum absolute atomic E-state index is 13.9. The van der Waals surface area contributed by atoms with Crippen LogP contribution in [0.2, 0.25) is 0 Å². The van der Waals surface area contributed by atoms with Crippen LogP contribution in [0, 0.1) is 11.2 Å². The zero-order chi connectivity index (χ0) is 21.4. The Morgan fingerprint density at radius 3 is 2.48 bits per heavy atom. The fraction of sp³-hybridized carbons (Fsp3) is 0.636. The second-order valence-electron chi connectivity index (χ2n) is 8.72. The van der Waals surface area contributed by atoms with Crippen LogP contribution < -0.4 is 0 Å². The van der Waals surface area contributed by atoms with Gasteiger partial charge in [0.15, 0.2) is 0 Å². The number of aryl methyl sites for hydroxylation is 2. The first kappa shape index (κ1) is 21.8. The minimum atomic E-state index is -4.40. The van der Waals surface area contributed by atoms with E-state index in [9.17, 15) is 22.4 Å². The number of alkyl halides is 3. The molecule has 0 N–H and O–H groups in total. The normalized spacial score (nSPS) is 15.7. The number of rotatable bonds is 8. The molecule has 1 aliphatic rings. The van der Waals surface area contributed by atoms with E-state index in [4.69, 9.17) is 0 Å². The smallest absolute Gasteiger partial charge is 0.325 e. The summed E-state index contributed by atoms with van der Waals surface area (Å²) in [6, 6.07) is 3.31. The highest BCUT2D eigenvalue weighted by atomic mass is 19.4. The van der Waals surface area contributed by atoms with Crippen LogP contribution in [0.15, 0.2) is 12.1 Å². The maximum Gasteiger partial charge on any atom is 0.394 e. The van der Waals surface area contributed by atoms with Crippen LogP contribution in [0.25, 0.3) is 11.0 Å². The summed E-state index contributed by atoms with van der Waals surface area (Å²) in [6.07, 6.45) is 0.00937. The number of aromatic nitrogens is 2. The van der Waals surface area contributed by atoms with E-state index in [-0.39, 0.29) is 18.0 Å². The number of hydrogen-bond donors (Lipinski definition) is 0. The van der Waals surface area contributed by atoms with Crippen LogP contribution in [0.3, 0.4) is 0 Å². The zero-order valence-corrected chi connectivity index (χ0v) is 17.2. The van der Waals surface area contributed by atoms with Crippen LogP contribution >= 0.6 is 0 Å². The predicted molar refractivity (Wildman–Crippen MR) is 104 cm³/mol. The summed E-state index contributed by atoms with van der Waals surface area (Å²) in [7, 11) is 0. The third kappa shape index (κ3) is 4.48. The van der Waals surface area contributed by atoms with Crippen molar-refractivity contribution in [3.63, 3.8) is 0 Å². The molecule has 0 amide bonds. The van der Waals surface area contributed by atoms with Crippen molar-refractivity contribution in [1.29, 1.82) is 0 Å². The average Bonchev–Trinajstić information content (AvgIpc) is 2.89. The molecule has 1 aliphatic carbocycles. The number of carbonyl (C=O) groups is 1. The van der Waals surface area contributed by atoms with E-state index in [1.54, 1.807) is 6.07 Å². The van der Waals surface area contributed by atoms with Crippen molar-refractivity contribution in [2.24, 2.45) is 5.41 Å². The number of Topliss-reactive ketones (excluding diaryl/α,β-unsaturated/α-hetero) is 1. The van der Waals surface area contributed by atoms with Crippen molar-refractivity contribution in [3.05, 3.63) is 29.3 Å². The van der Waals surface area contributed by atoms with E-state index in [0.29, 0.717) is 30.8 Å². The molecule has 1 heterocycles. The molecule has 3 nitrogen and oxygen atoms in total. The van der Waals surface area contributed by atoms with Gasteiger partial charge in [-0.2, -0.15) is 13.2 Å². The lowest BCUT2D eigenvalue weighted by Gasteiger charge is -2.30. The Morgan fingerprint density at radius 1 is 1.24 bits per heavy atom. The van der Waals surface area contributed by atoms with Crippen molar-refractivity contribution in [2.75, 3.05) is 0 Å². The molecule has 0 bridgehead atoms. The van der Waals surface area contributed by atoms with E-state index in [1.165, 1.54) is 6.07 Å².